The first-order valence-corrected chi connectivity index (χ1v) is 6.76. The molecule has 104 valence electrons. The standard InChI is InChI=1S/C15H23N3O/c1-11-5-6-12(2)13(9-11)18(4)15(19)14-10-16-7-8-17(14)3/h5-6,9,14,16H,7-8,10H2,1-4H3. The molecule has 1 amide bonds. The lowest BCUT2D eigenvalue weighted by Crippen LogP contribution is -2.56. The Kier molecular flexibility index (Phi) is 4.22. The third-order valence-corrected chi connectivity index (χ3v) is 3.85. The van der Waals surface area contributed by atoms with E-state index in [1.807, 2.05) is 21.0 Å². The first-order valence-electron chi connectivity index (χ1n) is 6.76. The quantitative estimate of drug-likeness (QED) is 0.868. The monoisotopic (exact) mass is 261 g/mol. The van der Waals surface area contributed by atoms with Crippen molar-refractivity contribution in [3.8, 4) is 0 Å². The average molecular weight is 261 g/mol. The molecule has 1 N–H and O–H groups in total. The van der Waals surface area contributed by atoms with E-state index in [0.29, 0.717) is 0 Å². The van der Waals surface area contributed by atoms with E-state index in [0.717, 1.165) is 30.9 Å². The van der Waals surface area contributed by atoms with Crippen LogP contribution in [0.4, 0.5) is 5.69 Å². The van der Waals surface area contributed by atoms with Gasteiger partial charge in [0.25, 0.3) is 0 Å². The lowest BCUT2D eigenvalue weighted by molar-refractivity contribution is -0.123. The fourth-order valence-electron chi connectivity index (χ4n) is 2.50. The van der Waals surface area contributed by atoms with Gasteiger partial charge in [-0.3, -0.25) is 9.69 Å². The molecule has 1 aromatic carbocycles. The Bertz CT molecular complexity index is 472. The predicted octanol–water partition coefficient (Wildman–Crippen LogP) is 1.17. The molecule has 19 heavy (non-hydrogen) atoms. The zero-order chi connectivity index (χ0) is 14.0. The number of amides is 1. The van der Waals surface area contributed by atoms with Crippen molar-refractivity contribution in [3.05, 3.63) is 29.3 Å². The summed E-state index contributed by atoms with van der Waals surface area (Å²) in [4.78, 5) is 16.5. The Hall–Kier alpha value is -1.39. The van der Waals surface area contributed by atoms with Crippen LogP contribution in [0.5, 0.6) is 0 Å². The number of aryl methyl sites for hydroxylation is 2. The summed E-state index contributed by atoms with van der Waals surface area (Å²) >= 11 is 0. The minimum absolute atomic E-state index is 0.0707. The molecule has 0 saturated carbocycles. The lowest BCUT2D eigenvalue weighted by Gasteiger charge is -2.35. The summed E-state index contributed by atoms with van der Waals surface area (Å²) in [6.45, 7) is 6.69. The topological polar surface area (TPSA) is 35.6 Å². The number of nitrogens with one attached hydrogen (secondary N) is 1. The SMILES string of the molecule is Cc1ccc(C)c(N(C)C(=O)C2CNCCN2C)c1. The van der Waals surface area contributed by atoms with Crippen molar-refractivity contribution in [1.29, 1.82) is 0 Å². The Morgan fingerprint density at radius 2 is 2.16 bits per heavy atom. The van der Waals surface area contributed by atoms with Gasteiger partial charge >= 0.3 is 0 Å². The van der Waals surface area contributed by atoms with Crippen LogP contribution in [0.2, 0.25) is 0 Å². The maximum atomic E-state index is 12.6. The van der Waals surface area contributed by atoms with E-state index in [-0.39, 0.29) is 11.9 Å². The molecule has 1 fully saturated rings. The highest BCUT2D eigenvalue weighted by atomic mass is 16.2. The molecular formula is C15H23N3O. The van der Waals surface area contributed by atoms with E-state index in [1.165, 1.54) is 5.56 Å². The maximum absolute atomic E-state index is 12.6. The fraction of sp³-hybridized carbons (Fsp3) is 0.533. The zero-order valence-electron chi connectivity index (χ0n) is 12.2. The highest BCUT2D eigenvalue weighted by Crippen LogP contribution is 2.21. The normalized spacial score (nSPS) is 20.3. The number of anilines is 1. The molecule has 0 radical (unpaired) electrons. The summed E-state index contributed by atoms with van der Waals surface area (Å²) in [5.41, 5.74) is 3.31. The third kappa shape index (κ3) is 2.96. The van der Waals surface area contributed by atoms with Crippen LogP contribution in [0.25, 0.3) is 0 Å². The van der Waals surface area contributed by atoms with E-state index >= 15 is 0 Å². The van der Waals surface area contributed by atoms with Gasteiger partial charge in [0.1, 0.15) is 6.04 Å². The number of rotatable bonds is 2. The van der Waals surface area contributed by atoms with Crippen LogP contribution in [0.1, 0.15) is 11.1 Å². The van der Waals surface area contributed by atoms with Crippen molar-refractivity contribution in [2.24, 2.45) is 0 Å². The van der Waals surface area contributed by atoms with Crippen LogP contribution >= 0.6 is 0 Å². The Morgan fingerprint density at radius 3 is 2.84 bits per heavy atom. The number of carbonyl (C=O) groups excluding carboxylic acids is 1. The molecule has 1 aromatic rings. The van der Waals surface area contributed by atoms with Gasteiger partial charge in [0, 0.05) is 32.4 Å². The first kappa shape index (κ1) is 14.0. The molecule has 1 aliphatic heterocycles. The molecule has 0 aromatic heterocycles. The zero-order valence-corrected chi connectivity index (χ0v) is 12.2. The average Bonchev–Trinajstić information content (AvgIpc) is 2.40. The number of hydrogen-bond acceptors (Lipinski definition) is 3. The minimum Gasteiger partial charge on any atom is -0.314 e. The Labute approximate surface area is 115 Å². The van der Waals surface area contributed by atoms with Crippen LogP contribution in [-0.4, -0.2) is 50.6 Å². The van der Waals surface area contributed by atoms with Gasteiger partial charge in [0.15, 0.2) is 0 Å². The van der Waals surface area contributed by atoms with E-state index in [9.17, 15) is 4.79 Å². The molecule has 1 unspecified atom stereocenters. The predicted molar refractivity (Wildman–Crippen MR) is 78.6 cm³/mol. The minimum atomic E-state index is -0.0707. The van der Waals surface area contributed by atoms with Crippen molar-refractivity contribution < 1.29 is 4.79 Å². The van der Waals surface area contributed by atoms with Gasteiger partial charge in [-0.15, -0.1) is 0 Å². The summed E-state index contributed by atoms with van der Waals surface area (Å²) in [6, 6.07) is 6.14. The Balaban J connectivity index is 2.20. The van der Waals surface area contributed by atoms with Gasteiger partial charge in [-0.05, 0) is 38.1 Å². The van der Waals surface area contributed by atoms with Gasteiger partial charge in [-0.2, -0.15) is 0 Å². The van der Waals surface area contributed by atoms with Gasteiger partial charge in [-0.25, -0.2) is 0 Å². The van der Waals surface area contributed by atoms with Crippen molar-refractivity contribution in [2.75, 3.05) is 38.6 Å². The smallest absolute Gasteiger partial charge is 0.245 e. The van der Waals surface area contributed by atoms with E-state index < -0.39 is 0 Å². The van der Waals surface area contributed by atoms with Gasteiger partial charge < -0.3 is 10.2 Å². The van der Waals surface area contributed by atoms with Gasteiger partial charge in [0.05, 0.1) is 0 Å². The van der Waals surface area contributed by atoms with Crippen LogP contribution in [0.15, 0.2) is 18.2 Å². The first-order chi connectivity index (χ1) is 9.00. The van der Waals surface area contributed by atoms with Crippen LogP contribution < -0.4 is 10.2 Å². The lowest BCUT2D eigenvalue weighted by atomic mass is 10.1. The Morgan fingerprint density at radius 1 is 1.42 bits per heavy atom. The van der Waals surface area contributed by atoms with Crippen LogP contribution in [0.3, 0.4) is 0 Å². The van der Waals surface area contributed by atoms with Crippen molar-refractivity contribution in [2.45, 2.75) is 19.9 Å². The molecule has 4 nitrogen and oxygen atoms in total. The number of benzene rings is 1. The molecule has 1 saturated heterocycles. The van der Waals surface area contributed by atoms with Gasteiger partial charge in [-0.1, -0.05) is 12.1 Å². The van der Waals surface area contributed by atoms with Crippen LogP contribution in [-0.2, 0) is 4.79 Å². The van der Waals surface area contributed by atoms with Crippen molar-refractivity contribution in [1.82, 2.24) is 10.2 Å². The maximum Gasteiger partial charge on any atom is 0.245 e. The number of carbonyl (C=O) groups is 1. The summed E-state index contributed by atoms with van der Waals surface area (Å²) in [7, 11) is 3.88. The van der Waals surface area contributed by atoms with E-state index in [1.54, 1.807) is 4.90 Å². The molecule has 0 aliphatic carbocycles. The van der Waals surface area contributed by atoms with Crippen molar-refractivity contribution in [3.63, 3.8) is 0 Å². The molecular weight excluding hydrogens is 238 g/mol. The third-order valence-electron chi connectivity index (χ3n) is 3.85. The molecule has 1 aliphatic rings. The second-order valence-electron chi connectivity index (χ2n) is 5.39. The highest BCUT2D eigenvalue weighted by molar-refractivity contribution is 5.97. The second kappa shape index (κ2) is 5.72. The highest BCUT2D eigenvalue weighted by Gasteiger charge is 2.29. The van der Waals surface area contributed by atoms with E-state index in [4.69, 9.17) is 0 Å². The number of hydrogen-bond donors (Lipinski definition) is 1. The largest absolute Gasteiger partial charge is 0.314 e. The number of likely N-dealkylation sites (N-methyl/N-ethyl adjacent to an activating group) is 2. The summed E-state index contributed by atoms with van der Waals surface area (Å²) in [6.07, 6.45) is 0. The summed E-state index contributed by atoms with van der Waals surface area (Å²) in [5, 5.41) is 3.29. The molecule has 0 spiro atoms. The van der Waals surface area contributed by atoms with Gasteiger partial charge in [0.2, 0.25) is 5.91 Å². The number of piperazine rings is 1. The molecule has 1 heterocycles. The molecule has 4 heteroatoms. The second-order valence-corrected chi connectivity index (χ2v) is 5.39. The van der Waals surface area contributed by atoms with E-state index in [2.05, 4.69) is 35.3 Å². The summed E-state index contributed by atoms with van der Waals surface area (Å²) < 4.78 is 0. The molecule has 1 atom stereocenters. The number of nitrogens with zero attached hydrogens (tertiary/aromatic N) is 2. The molecule has 0 bridgehead atoms. The van der Waals surface area contributed by atoms with Crippen molar-refractivity contribution >= 4 is 11.6 Å². The molecule has 2 rings (SSSR count). The summed E-state index contributed by atoms with van der Waals surface area (Å²) in [5.74, 6) is 0.156. The fourth-order valence-corrected chi connectivity index (χ4v) is 2.50. The van der Waals surface area contributed by atoms with Crippen LogP contribution in [0, 0.1) is 13.8 Å².